The van der Waals surface area contributed by atoms with Crippen LogP contribution in [0.1, 0.15) is 37.7 Å². The van der Waals surface area contributed by atoms with Crippen LogP contribution in [-0.4, -0.2) is 23.1 Å². The highest BCUT2D eigenvalue weighted by Crippen LogP contribution is 2.44. The number of aryl methyl sites for hydroxylation is 1. The van der Waals surface area contributed by atoms with Gasteiger partial charge in [-0.3, -0.25) is 15.0 Å². The summed E-state index contributed by atoms with van der Waals surface area (Å²) in [7, 11) is 0. The minimum Gasteiger partial charge on any atom is -0.347 e. The number of aromatic nitrogens is 1. The maximum absolute atomic E-state index is 12.0. The number of anilines is 1. The Morgan fingerprint density at radius 2 is 2.09 bits per heavy atom. The smallest absolute Gasteiger partial charge is 0.328 e. The van der Waals surface area contributed by atoms with E-state index in [2.05, 4.69) is 35.1 Å². The highest BCUT2D eigenvalue weighted by molar-refractivity contribution is 6.06. The van der Waals surface area contributed by atoms with Gasteiger partial charge in [0.1, 0.15) is 0 Å². The number of carbonyl (C=O) groups is 2. The summed E-state index contributed by atoms with van der Waals surface area (Å²) >= 11 is 0. The lowest BCUT2D eigenvalue weighted by Gasteiger charge is -2.26. The van der Waals surface area contributed by atoms with E-state index in [9.17, 15) is 9.59 Å². The Morgan fingerprint density at radius 1 is 1.27 bits per heavy atom. The molecule has 3 amide bonds. The number of fused-ring (bicyclic) bond motifs is 1. The first-order valence-electron chi connectivity index (χ1n) is 7.91. The maximum atomic E-state index is 12.0. The summed E-state index contributed by atoms with van der Waals surface area (Å²) in [4.78, 5) is 25.0. The van der Waals surface area contributed by atoms with Crippen LogP contribution >= 0.6 is 0 Å². The molecule has 0 bridgehead atoms. The van der Waals surface area contributed by atoms with Gasteiger partial charge < -0.3 is 4.57 Å². The monoisotopic (exact) mass is 297 g/mol. The summed E-state index contributed by atoms with van der Waals surface area (Å²) in [6.45, 7) is 3.54. The molecule has 2 fully saturated rings. The SMILES string of the molecule is CCn1cc(C2CC2)c2cc(N3CCC(=O)NC3=O)ccc21. The normalized spacial score (nSPS) is 18.9. The molecular formula is C17H19N3O2. The number of hydrogen-bond acceptors (Lipinski definition) is 2. The van der Waals surface area contributed by atoms with Crippen LogP contribution in [0.4, 0.5) is 10.5 Å². The summed E-state index contributed by atoms with van der Waals surface area (Å²) in [5, 5.41) is 3.63. The number of nitrogens with one attached hydrogen (secondary N) is 1. The van der Waals surface area contributed by atoms with Crippen LogP contribution in [-0.2, 0) is 11.3 Å². The van der Waals surface area contributed by atoms with Crippen LogP contribution in [0.25, 0.3) is 10.9 Å². The van der Waals surface area contributed by atoms with Crippen molar-refractivity contribution >= 4 is 28.5 Å². The molecule has 1 aliphatic carbocycles. The van der Waals surface area contributed by atoms with E-state index in [4.69, 9.17) is 0 Å². The molecule has 1 aromatic carbocycles. The summed E-state index contributed by atoms with van der Waals surface area (Å²) in [6, 6.07) is 5.84. The molecule has 0 atom stereocenters. The Bertz CT molecular complexity index is 774. The molecule has 1 aromatic heterocycles. The number of hydrogen-bond donors (Lipinski definition) is 1. The second-order valence-corrected chi connectivity index (χ2v) is 6.10. The zero-order chi connectivity index (χ0) is 15.3. The standard InChI is InChI=1S/C17H19N3O2/c1-2-19-10-14(11-3-4-11)13-9-12(5-6-15(13)19)20-8-7-16(21)18-17(20)22/h5-6,9-11H,2-4,7-8H2,1H3,(H,18,21,22). The van der Waals surface area contributed by atoms with Gasteiger partial charge in [0.05, 0.1) is 0 Å². The summed E-state index contributed by atoms with van der Waals surface area (Å²) in [5.74, 6) is 0.473. The fraction of sp³-hybridized carbons (Fsp3) is 0.412. The Labute approximate surface area is 128 Å². The van der Waals surface area contributed by atoms with Crippen molar-refractivity contribution in [3.05, 3.63) is 30.0 Å². The van der Waals surface area contributed by atoms with Gasteiger partial charge in [-0.25, -0.2) is 4.79 Å². The average molecular weight is 297 g/mol. The van der Waals surface area contributed by atoms with Crippen LogP contribution in [0.15, 0.2) is 24.4 Å². The second-order valence-electron chi connectivity index (χ2n) is 6.10. The third-order valence-electron chi connectivity index (χ3n) is 4.62. The molecule has 2 aliphatic rings. The number of nitrogens with zero attached hydrogens (tertiary/aromatic N) is 2. The van der Waals surface area contributed by atoms with Crippen molar-refractivity contribution < 1.29 is 9.59 Å². The van der Waals surface area contributed by atoms with E-state index in [1.807, 2.05) is 6.07 Å². The van der Waals surface area contributed by atoms with E-state index < -0.39 is 0 Å². The van der Waals surface area contributed by atoms with Gasteiger partial charge in [0.2, 0.25) is 5.91 Å². The van der Waals surface area contributed by atoms with Gasteiger partial charge in [-0.1, -0.05) is 0 Å². The second kappa shape index (κ2) is 4.87. The first-order valence-corrected chi connectivity index (χ1v) is 7.91. The van der Waals surface area contributed by atoms with Crippen LogP contribution in [0, 0.1) is 0 Å². The predicted octanol–water partition coefficient (Wildman–Crippen LogP) is 2.98. The van der Waals surface area contributed by atoms with Crippen LogP contribution in [0.2, 0.25) is 0 Å². The Balaban J connectivity index is 1.78. The topological polar surface area (TPSA) is 54.3 Å². The molecule has 2 aromatic rings. The summed E-state index contributed by atoms with van der Waals surface area (Å²) < 4.78 is 2.27. The fourth-order valence-corrected chi connectivity index (χ4v) is 3.27. The molecule has 114 valence electrons. The molecule has 5 nitrogen and oxygen atoms in total. The van der Waals surface area contributed by atoms with Gasteiger partial charge in [0, 0.05) is 42.3 Å². The zero-order valence-electron chi connectivity index (χ0n) is 12.6. The van der Waals surface area contributed by atoms with Crippen LogP contribution in [0.3, 0.4) is 0 Å². The quantitative estimate of drug-likeness (QED) is 0.947. The molecule has 1 saturated heterocycles. The maximum Gasteiger partial charge on any atom is 0.328 e. The van der Waals surface area contributed by atoms with Gasteiger partial charge in [-0.15, -0.1) is 0 Å². The number of carbonyl (C=O) groups excluding carboxylic acids is 2. The van der Waals surface area contributed by atoms with Gasteiger partial charge in [-0.2, -0.15) is 0 Å². The molecular weight excluding hydrogens is 278 g/mol. The number of urea groups is 1. The average Bonchev–Trinajstić information content (AvgIpc) is 3.28. The van der Waals surface area contributed by atoms with E-state index in [-0.39, 0.29) is 11.9 Å². The lowest BCUT2D eigenvalue weighted by molar-refractivity contribution is -0.120. The van der Waals surface area contributed by atoms with Crippen molar-refractivity contribution in [2.24, 2.45) is 0 Å². The third-order valence-corrected chi connectivity index (χ3v) is 4.62. The molecule has 5 heteroatoms. The van der Waals surface area contributed by atoms with Crippen LogP contribution in [0.5, 0.6) is 0 Å². The van der Waals surface area contributed by atoms with Gasteiger partial charge in [-0.05, 0) is 49.4 Å². The molecule has 0 unspecified atom stereocenters. The Hall–Kier alpha value is -2.30. The van der Waals surface area contributed by atoms with E-state index in [1.165, 1.54) is 29.3 Å². The fourth-order valence-electron chi connectivity index (χ4n) is 3.27. The lowest BCUT2D eigenvalue weighted by Crippen LogP contribution is -2.49. The highest BCUT2D eigenvalue weighted by Gasteiger charge is 2.28. The predicted molar refractivity (Wildman–Crippen MR) is 85.1 cm³/mol. The van der Waals surface area contributed by atoms with E-state index in [0.717, 1.165) is 12.2 Å². The van der Waals surface area contributed by atoms with Crippen molar-refractivity contribution in [3.8, 4) is 0 Å². The molecule has 1 aliphatic heterocycles. The number of amides is 3. The lowest BCUT2D eigenvalue weighted by atomic mass is 10.1. The first kappa shape index (κ1) is 13.4. The highest BCUT2D eigenvalue weighted by atomic mass is 16.2. The van der Waals surface area contributed by atoms with Gasteiger partial charge in [0.15, 0.2) is 0 Å². The number of rotatable bonds is 3. The molecule has 0 spiro atoms. The van der Waals surface area contributed by atoms with Crippen molar-refractivity contribution in [1.82, 2.24) is 9.88 Å². The Kier molecular flexibility index (Phi) is 2.96. The molecule has 4 rings (SSSR count). The van der Waals surface area contributed by atoms with Crippen LogP contribution < -0.4 is 10.2 Å². The minimum absolute atomic E-state index is 0.196. The van der Waals surface area contributed by atoms with E-state index >= 15 is 0 Å². The van der Waals surface area contributed by atoms with Gasteiger partial charge >= 0.3 is 6.03 Å². The largest absolute Gasteiger partial charge is 0.347 e. The zero-order valence-corrected chi connectivity index (χ0v) is 12.6. The molecule has 2 heterocycles. The van der Waals surface area contributed by atoms with E-state index in [1.54, 1.807) is 4.90 Å². The van der Waals surface area contributed by atoms with Gasteiger partial charge in [0.25, 0.3) is 0 Å². The van der Waals surface area contributed by atoms with Crippen molar-refractivity contribution in [2.75, 3.05) is 11.4 Å². The van der Waals surface area contributed by atoms with Crippen molar-refractivity contribution in [2.45, 2.75) is 38.6 Å². The summed E-state index contributed by atoms with van der Waals surface area (Å²) in [6.07, 6.45) is 5.12. The molecule has 22 heavy (non-hydrogen) atoms. The molecule has 1 N–H and O–H groups in total. The van der Waals surface area contributed by atoms with Crippen molar-refractivity contribution in [1.29, 1.82) is 0 Å². The summed E-state index contributed by atoms with van der Waals surface area (Å²) in [5.41, 5.74) is 3.49. The van der Waals surface area contributed by atoms with Crippen molar-refractivity contribution in [3.63, 3.8) is 0 Å². The molecule has 1 saturated carbocycles. The first-order chi connectivity index (χ1) is 10.7. The minimum atomic E-state index is -0.321. The molecule has 0 radical (unpaired) electrons. The van der Waals surface area contributed by atoms with E-state index in [0.29, 0.717) is 18.9 Å². The number of benzene rings is 1. The number of imide groups is 1. The third kappa shape index (κ3) is 2.08. The Morgan fingerprint density at radius 3 is 2.77 bits per heavy atom.